The Kier molecular flexibility index (Phi) is 9.56. The number of para-hydroxylation sites is 1. The minimum atomic E-state index is 0. The van der Waals surface area contributed by atoms with Crippen molar-refractivity contribution in [2.45, 2.75) is 19.4 Å². The van der Waals surface area contributed by atoms with Crippen LogP contribution < -0.4 is 10.6 Å². The summed E-state index contributed by atoms with van der Waals surface area (Å²) in [7, 11) is 1.76. The van der Waals surface area contributed by atoms with E-state index < -0.39 is 0 Å². The molecule has 168 valence electrons. The molecule has 1 unspecified atom stereocenters. The largest absolute Gasteiger partial charge is 0.457 e. The van der Waals surface area contributed by atoms with Gasteiger partial charge in [0.25, 0.3) is 0 Å². The van der Waals surface area contributed by atoms with Crippen LogP contribution in [-0.2, 0) is 16.0 Å². The minimum Gasteiger partial charge on any atom is -0.457 e. The second-order valence-corrected chi connectivity index (χ2v) is 8.29. The number of rotatable bonds is 9. The summed E-state index contributed by atoms with van der Waals surface area (Å²) in [6, 6.07) is 12.1. The number of hydrogen-bond donors (Lipinski definition) is 2. The molecule has 1 saturated heterocycles. The maximum atomic E-state index is 5.97. The predicted octanol–water partition coefficient (Wildman–Crippen LogP) is 4.28. The number of aliphatic imine (C=N–C) groups is 1. The van der Waals surface area contributed by atoms with Crippen molar-refractivity contribution in [2.75, 3.05) is 40.0 Å². The number of hydrogen-bond acceptors (Lipinski definition) is 6. The monoisotopic (exact) mass is 556 g/mol. The Balaban J connectivity index is 0.00000272. The molecule has 0 amide bonds. The van der Waals surface area contributed by atoms with Crippen LogP contribution in [0.3, 0.4) is 0 Å². The Morgan fingerprint density at radius 2 is 2.16 bits per heavy atom. The molecule has 0 spiro atoms. The number of benzene rings is 1. The number of guanidine groups is 1. The van der Waals surface area contributed by atoms with E-state index in [0.29, 0.717) is 12.5 Å². The lowest BCUT2D eigenvalue weighted by atomic mass is 10.1. The number of halogens is 1. The van der Waals surface area contributed by atoms with Crippen LogP contribution in [0.4, 0.5) is 0 Å². The first kappa shape index (κ1) is 24.0. The fourth-order valence-electron chi connectivity index (χ4n) is 3.30. The summed E-state index contributed by atoms with van der Waals surface area (Å²) in [6.07, 6.45) is 2.04. The first-order chi connectivity index (χ1) is 14.8. The van der Waals surface area contributed by atoms with Crippen molar-refractivity contribution in [3.63, 3.8) is 0 Å². The average molecular weight is 556 g/mol. The van der Waals surface area contributed by atoms with Crippen molar-refractivity contribution in [3.8, 4) is 10.8 Å². The third-order valence-corrected chi connectivity index (χ3v) is 6.01. The molecule has 4 rings (SSSR count). The van der Waals surface area contributed by atoms with Crippen molar-refractivity contribution in [1.29, 1.82) is 0 Å². The smallest absolute Gasteiger partial charge is 0.191 e. The Bertz CT molecular complexity index is 935. The third-order valence-electron chi connectivity index (χ3n) is 4.96. The summed E-state index contributed by atoms with van der Waals surface area (Å²) in [5.41, 5.74) is 0.999. The molecule has 3 heterocycles. The zero-order chi connectivity index (χ0) is 20.6. The summed E-state index contributed by atoms with van der Waals surface area (Å²) in [6.45, 7) is 4.60. The van der Waals surface area contributed by atoms with Gasteiger partial charge in [0.05, 0.1) is 30.0 Å². The van der Waals surface area contributed by atoms with Gasteiger partial charge in [0.15, 0.2) is 16.7 Å². The molecule has 0 radical (unpaired) electrons. The summed E-state index contributed by atoms with van der Waals surface area (Å²) in [5, 5.41) is 7.49. The first-order valence-corrected chi connectivity index (χ1v) is 11.2. The molecule has 31 heavy (non-hydrogen) atoms. The Morgan fingerprint density at radius 3 is 2.97 bits per heavy atom. The molecule has 0 bridgehead atoms. The molecule has 1 fully saturated rings. The molecule has 1 aromatic carbocycles. The van der Waals surface area contributed by atoms with Gasteiger partial charge >= 0.3 is 0 Å². The number of nitrogens with zero attached hydrogens (tertiary/aromatic N) is 2. The molecule has 1 aliphatic heterocycles. The van der Waals surface area contributed by atoms with Crippen molar-refractivity contribution < 1.29 is 13.9 Å². The molecule has 7 nitrogen and oxygen atoms in total. The quantitative estimate of drug-likeness (QED) is 0.177. The van der Waals surface area contributed by atoms with Gasteiger partial charge in [-0.1, -0.05) is 12.1 Å². The topological polar surface area (TPSA) is 80.9 Å². The number of ether oxygens (including phenoxy) is 2. The van der Waals surface area contributed by atoms with Gasteiger partial charge in [0.1, 0.15) is 5.76 Å². The van der Waals surface area contributed by atoms with E-state index in [1.165, 1.54) is 0 Å². The number of aromatic nitrogens is 1. The lowest BCUT2D eigenvalue weighted by Gasteiger charge is -2.12. The number of thiazole rings is 1. The molecule has 1 aliphatic rings. The molecule has 9 heteroatoms. The summed E-state index contributed by atoms with van der Waals surface area (Å²) in [4.78, 5) is 8.91. The SMILES string of the molecule is CN=C(NCCCOCC1CCOC1)NCc1ccc(-c2nc3ccccc3s2)o1.I. The van der Waals surface area contributed by atoms with Crippen LogP contribution in [0.25, 0.3) is 21.0 Å². The lowest BCUT2D eigenvalue weighted by molar-refractivity contribution is 0.0888. The Hall–Kier alpha value is -1.69. The third kappa shape index (κ3) is 6.90. The maximum Gasteiger partial charge on any atom is 0.191 e. The van der Waals surface area contributed by atoms with Crippen molar-refractivity contribution in [2.24, 2.45) is 10.9 Å². The second-order valence-electron chi connectivity index (χ2n) is 7.26. The minimum absolute atomic E-state index is 0. The van der Waals surface area contributed by atoms with Gasteiger partial charge in [-0.15, -0.1) is 35.3 Å². The maximum absolute atomic E-state index is 5.97. The molecule has 0 aliphatic carbocycles. The number of furan rings is 1. The fourth-order valence-corrected chi connectivity index (χ4v) is 4.23. The van der Waals surface area contributed by atoms with E-state index >= 15 is 0 Å². The molecule has 1 atom stereocenters. The lowest BCUT2D eigenvalue weighted by Crippen LogP contribution is -2.37. The van der Waals surface area contributed by atoms with Crippen LogP contribution in [0, 0.1) is 5.92 Å². The van der Waals surface area contributed by atoms with Gasteiger partial charge in [0, 0.05) is 32.7 Å². The van der Waals surface area contributed by atoms with Crippen LogP contribution in [0.1, 0.15) is 18.6 Å². The van der Waals surface area contributed by atoms with E-state index in [9.17, 15) is 0 Å². The van der Waals surface area contributed by atoms with Gasteiger partial charge in [-0.2, -0.15) is 0 Å². The van der Waals surface area contributed by atoms with E-state index in [1.807, 2.05) is 30.3 Å². The van der Waals surface area contributed by atoms with Crippen LogP contribution in [0.15, 0.2) is 45.8 Å². The highest BCUT2D eigenvalue weighted by Gasteiger charge is 2.15. The van der Waals surface area contributed by atoms with E-state index in [2.05, 4.69) is 26.7 Å². The summed E-state index contributed by atoms with van der Waals surface area (Å²) in [5.74, 6) is 2.94. The molecule has 2 N–H and O–H groups in total. The summed E-state index contributed by atoms with van der Waals surface area (Å²) < 4.78 is 18.2. The molecule has 0 saturated carbocycles. The highest BCUT2D eigenvalue weighted by Crippen LogP contribution is 2.31. The highest BCUT2D eigenvalue weighted by molar-refractivity contribution is 14.0. The highest BCUT2D eigenvalue weighted by atomic mass is 127. The van der Waals surface area contributed by atoms with Gasteiger partial charge in [0.2, 0.25) is 0 Å². The van der Waals surface area contributed by atoms with Crippen molar-refractivity contribution >= 4 is 51.5 Å². The van der Waals surface area contributed by atoms with Crippen molar-refractivity contribution in [3.05, 3.63) is 42.2 Å². The van der Waals surface area contributed by atoms with Gasteiger partial charge in [-0.05, 0) is 37.1 Å². The Labute approximate surface area is 203 Å². The van der Waals surface area contributed by atoms with E-state index in [-0.39, 0.29) is 24.0 Å². The zero-order valence-corrected chi connectivity index (χ0v) is 20.8. The van der Waals surface area contributed by atoms with Gasteiger partial charge in [-0.25, -0.2) is 4.98 Å². The van der Waals surface area contributed by atoms with Crippen LogP contribution in [-0.4, -0.2) is 51.0 Å². The van der Waals surface area contributed by atoms with E-state index in [0.717, 1.165) is 78.5 Å². The summed E-state index contributed by atoms with van der Waals surface area (Å²) >= 11 is 1.64. The second kappa shape index (κ2) is 12.4. The van der Waals surface area contributed by atoms with Crippen molar-refractivity contribution in [1.82, 2.24) is 15.6 Å². The van der Waals surface area contributed by atoms with Gasteiger partial charge in [-0.3, -0.25) is 4.99 Å². The Morgan fingerprint density at radius 1 is 1.26 bits per heavy atom. The van der Waals surface area contributed by atoms with Crippen LogP contribution >= 0.6 is 35.3 Å². The molecular weight excluding hydrogens is 527 g/mol. The standard InChI is InChI=1S/C22H28N4O3S.HI/c1-23-22(24-10-4-11-27-14-16-9-12-28-15-16)25-13-17-7-8-19(29-17)21-26-18-5-2-3-6-20(18)30-21;/h2-3,5-8,16H,4,9-15H2,1H3,(H2,23,24,25);1H. The zero-order valence-electron chi connectivity index (χ0n) is 17.6. The number of nitrogens with one attached hydrogen (secondary N) is 2. The predicted molar refractivity (Wildman–Crippen MR) is 135 cm³/mol. The normalized spacial score (nSPS) is 16.4. The fraction of sp³-hybridized carbons (Fsp3) is 0.455. The van der Waals surface area contributed by atoms with Gasteiger partial charge < -0.3 is 24.5 Å². The average Bonchev–Trinajstić information content (AvgIpc) is 3.52. The first-order valence-electron chi connectivity index (χ1n) is 10.4. The molecule has 3 aromatic rings. The van der Waals surface area contributed by atoms with Crippen LogP contribution in [0.2, 0.25) is 0 Å². The molecular formula is C22H29IN4O3S. The van der Waals surface area contributed by atoms with Crippen LogP contribution in [0.5, 0.6) is 0 Å². The number of fused-ring (bicyclic) bond motifs is 1. The molecule has 2 aromatic heterocycles. The van der Waals surface area contributed by atoms with E-state index in [1.54, 1.807) is 18.4 Å². The van der Waals surface area contributed by atoms with E-state index in [4.69, 9.17) is 13.9 Å².